The molecular formula is C14H16N2O. The minimum atomic E-state index is 0.126. The summed E-state index contributed by atoms with van der Waals surface area (Å²) in [5, 5.41) is 3.23. The van der Waals surface area contributed by atoms with Crippen LogP contribution in [-0.4, -0.2) is 9.78 Å². The third kappa shape index (κ3) is 1.54. The predicted octanol–water partition coefficient (Wildman–Crippen LogP) is 2.27. The lowest BCUT2D eigenvalue weighted by molar-refractivity contribution is 0.779. The van der Waals surface area contributed by atoms with Crippen molar-refractivity contribution in [2.75, 3.05) is 0 Å². The zero-order chi connectivity index (χ0) is 12.0. The smallest absolute Gasteiger partial charge is 0.274 e. The molecule has 3 rings (SSSR count). The molecule has 0 aliphatic heterocycles. The van der Waals surface area contributed by atoms with Crippen LogP contribution in [-0.2, 0) is 12.8 Å². The van der Waals surface area contributed by atoms with Crippen LogP contribution in [0.25, 0.3) is 5.69 Å². The molecule has 88 valence electrons. The largest absolute Gasteiger partial charge is 0.295 e. The van der Waals surface area contributed by atoms with E-state index in [1.54, 1.807) is 4.68 Å². The molecule has 1 aromatic carbocycles. The summed E-state index contributed by atoms with van der Waals surface area (Å²) in [6, 6.07) is 6.11. The monoisotopic (exact) mass is 228 g/mol. The van der Waals surface area contributed by atoms with E-state index < -0.39 is 0 Å². The summed E-state index contributed by atoms with van der Waals surface area (Å²) in [7, 11) is 0. The third-order valence-corrected chi connectivity index (χ3v) is 3.67. The normalized spacial score (nSPS) is 14.0. The molecule has 0 bridgehead atoms. The number of nitrogens with zero attached hydrogens (tertiary/aromatic N) is 1. The van der Waals surface area contributed by atoms with Crippen molar-refractivity contribution in [2.45, 2.75) is 33.1 Å². The van der Waals surface area contributed by atoms with Gasteiger partial charge in [-0.2, -0.15) is 0 Å². The van der Waals surface area contributed by atoms with Crippen molar-refractivity contribution in [3.63, 3.8) is 0 Å². The average molecular weight is 228 g/mol. The van der Waals surface area contributed by atoms with E-state index in [4.69, 9.17) is 0 Å². The van der Waals surface area contributed by atoms with Crippen LogP contribution in [0.4, 0.5) is 0 Å². The molecule has 1 aliphatic carbocycles. The summed E-state index contributed by atoms with van der Waals surface area (Å²) in [6.07, 6.45) is 3.02. The van der Waals surface area contributed by atoms with Gasteiger partial charge in [-0.15, -0.1) is 0 Å². The van der Waals surface area contributed by atoms with Crippen molar-refractivity contribution in [1.29, 1.82) is 0 Å². The van der Waals surface area contributed by atoms with Gasteiger partial charge < -0.3 is 0 Å². The molecule has 0 saturated heterocycles. The zero-order valence-corrected chi connectivity index (χ0v) is 10.2. The number of aryl methyl sites for hydroxylation is 3. The Balaban J connectivity index is 2.16. The second kappa shape index (κ2) is 3.62. The first-order valence-corrected chi connectivity index (χ1v) is 6.07. The second-order valence-corrected chi connectivity index (χ2v) is 4.83. The first-order valence-electron chi connectivity index (χ1n) is 6.07. The van der Waals surface area contributed by atoms with Gasteiger partial charge in [-0.3, -0.25) is 9.89 Å². The highest BCUT2D eigenvalue weighted by Gasteiger charge is 2.19. The van der Waals surface area contributed by atoms with Crippen LogP contribution < -0.4 is 5.56 Å². The van der Waals surface area contributed by atoms with E-state index in [9.17, 15) is 4.79 Å². The van der Waals surface area contributed by atoms with Gasteiger partial charge in [0.1, 0.15) is 0 Å². The lowest BCUT2D eigenvalue weighted by Crippen LogP contribution is -2.17. The number of hydrogen-bond donors (Lipinski definition) is 1. The fourth-order valence-electron chi connectivity index (χ4n) is 2.47. The van der Waals surface area contributed by atoms with Crippen LogP contribution in [0.1, 0.15) is 28.8 Å². The molecule has 0 spiro atoms. The number of fused-ring (bicyclic) bond motifs is 1. The Morgan fingerprint density at radius 3 is 2.71 bits per heavy atom. The molecule has 1 aromatic heterocycles. The number of H-pyrrole nitrogens is 1. The molecule has 2 aromatic rings. The van der Waals surface area contributed by atoms with E-state index in [-0.39, 0.29) is 5.56 Å². The molecule has 17 heavy (non-hydrogen) atoms. The van der Waals surface area contributed by atoms with E-state index in [0.29, 0.717) is 0 Å². The summed E-state index contributed by atoms with van der Waals surface area (Å²) >= 11 is 0. The molecule has 3 heteroatoms. The Labute approximate surface area is 100 Å². The average Bonchev–Trinajstić information content (AvgIpc) is 2.86. The summed E-state index contributed by atoms with van der Waals surface area (Å²) in [5.74, 6) is 0. The fraction of sp³-hybridized carbons (Fsp3) is 0.357. The highest BCUT2D eigenvalue weighted by atomic mass is 16.1. The highest BCUT2D eigenvalue weighted by molar-refractivity contribution is 5.40. The quantitative estimate of drug-likeness (QED) is 0.798. The van der Waals surface area contributed by atoms with E-state index in [1.807, 2.05) is 6.07 Å². The minimum Gasteiger partial charge on any atom is -0.295 e. The minimum absolute atomic E-state index is 0.126. The van der Waals surface area contributed by atoms with Gasteiger partial charge in [0.25, 0.3) is 5.56 Å². The summed E-state index contributed by atoms with van der Waals surface area (Å²) in [4.78, 5) is 12.2. The van der Waals surface area contributed by atoms with Gasteiger partial charge in [-0.1, -0.05) is 6.07 Å². The van der Waals surface area contributed by atoms with Crippen molar-refractivity contribution in [3.05, 3.63) is 50.9 Å². The maximum absolute atomic E-state index is 12.2. The highest BCUT2D eigenvalue weighted by Crippen LogP contribution is 2.18. The summed E-state index contributed by atoms with van der Waals surface area (Å²) in [6.45, 7) is 4.15. The van der Waals surface area contributed by atoms with Crippen molar-refractivity contribution < 1.29 is 0 Å². The van der Waals surface area contributed by atoms with Gasteiger partial charge in [0.15, 0.2) is 0 Å². The molecular weight excluding hydrogens is 212 g/mol. The maximum Gasteiger partial charge on any atom is 0.274 e. The van der Waals surface area contributed by atoms with Gasteiger partial charge in [0.2, 0.25) is 0 Å². The summed E-state index contributed by atoms with van der Waals surface area (Å²) < 4.78 is 1.68. The fourth-order valence-corrected chi connectivity index (χ4v) is 2.47. The number of benzene rings is 1. The molecule has 0 amide bonds. The molecule has 0 fully saturated rings. The zero-order valence-electron chi connectivity index (χ0n) is 10.2. The van der Waals surface area contributed by atoms with Gasteiger partial charge in [0.05, 0.1) is 5.69 Å². The Kier molecular flexibility index (Phi) is 2.21. The van der Waals surface area contributed by atoms with Crippen molar-refractivity contribution in [2.24, 2.45) is 0 Å². The van der Waals surface area contributed by atoms with Crippen LogP contribution in [0, 0.1) is 13.8 Å². The van der Waals surface area contributed by atoms with Crippen molar-refractivity contribution >= 4 is 0 Å². The number of aromatic amines is 1. The molecule has 0 saturated carbocycles. The Morgan fingerprint density at radius 2 is 2.00 bits per heavy atom. The van der Waals surface area contributed by atoms with E-state index in [2.05, 4.69) is 31.1 Å². The van der Waals surface area contributed by atoms with Crippen molar-refractivity contribution in [3.8, 4) is 5.69 Å². The van der Waals surface area contributed by atoms with Gasteiger partial charge in [0, 0.05) is 11.3 Å². The van der Waals surface area contributed by atoms with Gasteiger partial charge in [-0.05, 0) is 56.4 Å². The Bertz CT molecular complexity index is 634. The van der Waals surface area contributed by atoms with Crippen LogP contribution in [0.5, 0.6) is 0 Å². The van der Waals surface area contributed by atoms with Crippen LogP contribution in [0.15, 0.2) is 23.0 Å². The molecule has 0 unspecified atom stereocenters. The number of hydrogen-bond acceptors (Lipinski definition) is 1. The lowest BCUT2D eigenvalue weighted by atomic mass is 10.1. The number of nitrogens with one attached hydrogen (secondary N) is 1. The van der Waals surface area contributed by atoms with Crippen LogP contribution in [0.2, 0.25) is 0 Å². The van der Waals surface area contributed by atoms with E-state index in [1.165, 1.54) is 11.1 Å². The Hall–Kier alpha value is -1.77. The van der Waals surface area contributed by atoms with E-state index >= 15 is 0 Å². The standard InChI is InChI=1S/C14H16N2O/c1-9-6-7-11(8-10(9)2)16-14(17)12-4-3-5-13(12)15-16/h6-8,15H,3-5H2,1-2H3. The number of aromatic nitrogens is 2. The van der Waals surface area contributed by atoms with Crippen LogP contribution >= 0.6 is 0 Å². The van der Waals surface area contributed by atoms with Crippen molar-refractivity contribution in [1.82, 2.24) is 9.78 Å². The SMILES string of the molecule is Cc1ccc(-n2[nH]c3c(c2=O)CCC3)cc1C. The van der Waals surface area contributed by atoms with Gasteiger partial charge >= 0.3 is 0 Å². The van der Waals surface area contributed by atoms with Crippen LogP contribution in [0.3, 0.4) is 0 Å². The topological polar surface area (TPSA) is 37.8 Å². The third-order valence-electron chi connectivity index (χ3n) is 3.67. The first kappa shape index (κ1) is 10.4. The molecule has 3 nitrogen and oxygen atoms in total. The maximum atomic E-state index is 12.2. The van der Waals surface area contributed by atoms with Gasteiger partial charge in [-0.25, -0.2) is 4.68 Å². The molecule has 0 radical (unpaired) electrons. The first-order chi connectivity index (χ1) is 8.16. The second-order valence-electron chi connectivity index (χ2n) is 4.83. The van der Waals surface area contributed by atoms with E-state index in [0.717, 1.165) is 36.2 Å². The molecule has 1 N–H and O–H groups in total. The lowest BCUT2D eigenvalue weighted by Gasteiger charge is -2.05. The predicted molar refractivity (Wildman–Crippen MR) is 67.9 cm³/mol. The Morgan fingerprint density at radius 1 is 1.18 bits per heavy atom. The molecule has 0 atom stereocenters. The molecule has 1 heterocycles. The number of rotatable bonds is 1. The molecule has 1 aliphatic rings. The summed E-state index contributed by atoms with van der Waals surface area (Å²) in [5.41, 5.74) is 5.62.